The molecule has 8 heteroatoms. The Balaban J connectivity index is 2.16. The molecular formula is C17H21N3O5. The lowest BCUT2D eigenvalue weighted by molar-refractivity contribution is -0.160. The van der Waals surface area contributed by atoms with E-state index in [0.29, 0.717) is 5.56 Å². The second-order valence-corrected chi connectivity index (χ2v) is 6.42. The zero-order valence-electron chi connectivity index (χ0n) is 14.6. The number of carbonyl (C=O) groups is 4. The minimum absolute atomic E-state index is 0.402. The lowest BCUT2D eigenvalue weighted by Gasteiger charge is -2.28. The quantitative estimate of drug-likeness (QED) is 0.624. The van der Waals surface area contributed by atoms with Crippen LogP contribution in [0, 0.1) is 0 Å². The van der Waals surface area contributed by atoms with Crippen LogP contribution in [0.15, 0.2) is 30.3 Å². The van der Waals surface area contributed by atoms with E-state index in [2.05, 4.69) is 5.32 Å². The van der Waals surface area contributed by atoms with E-state index >= 15 is 0 Å². The van der Waals surface area contributed by atoms with Crippen LogP contribution in [0.5, 0.6) is 0 Å². The monoisotopic (exact) mass is 347 g/mol. The van der Waals surface area contributed by atoms with Crippen molar-refractivity contribution in [3.63, 3.8) is 0 Å². The molecule has 8 nitrogen and oxygen atoms in total. The minimum atomic E-state index is -1.16. The predicted molar refractivity (Wildman–Crippen MR) is 88.3 cm³/mol. The van der Waals surface area contributed by atoms with Crippen LogP contribution in [0.25, 0.3) is 0 Å². The molecule has 134 valence electrons. The number of urea groups is 1. The first-order valence-corrected chi connectivity index (χ1v) is 7.73. The normalized spacial score (nSPS) is 17.0. The SMILES string of the molecule is CN(C)C(=O)[C@H](OC(=O)CN1C(=O)NC(=O)C1(C)C)c1ccccc1. The smallest absolute Gasteiger partial charge is 0.326 e. The molecule has 1 aliphatic rings. The Bertz CT molecular complexity index is 699. The molecule has 1 aliphatic heterocycles. The van der Waals surface area contributed by atoms with Gasteiger partial charge in [-0.15, -0.1) is 0 Å². The van der Waals surface area contributed by atoms with Crippen LogP contribution in [0.1, 0.15) is 25.5 Å². The van der Waals surface area contributed by atoms with E-state index in [1.165, 1.54) is 18.7 Å². The molecule has 0 radical (unpaired) electrons. The number of benzene rings is 1. The van der Waals surface area contributed by atoms with Crippen LogP contribution in [-0.4, -0.2) is 59.8 Å². The topological polar surface area (TPSA) is 96.0 Å². The van der Waals surface area contributed by atoms with Crippen molar-refractivity contribution in [3.8, 4) is 0 Å². The molecule has 1 N–H and O–H groups in total. The predicted octanol–water partition coefficient (Wildman–Crippen LogP) is 0.690. The van der Waals surface area contributed by atoms with E-state index in [9.17, 15) is 19.2 Å². The summed E-state index contributed by atoms with van der Waals surface area (Å²) in [6, 6.07) is 7.93. The summed E-state index contributed by atoms with van der Waals surface area (Å²) in [4.78, 5) is 50.7. The number of carbonyl (C=O) groups excluding carboxylic acids is 4. The number of hydrogen-bond donors (Lipinski definition) is 1. The van der Waals surface area contributed by atoms with Gasteiger partial charge in [0.25, 0.3) is 11.8 Å². The summed E-state index contributed by atoms with van der Waals surface area (Å²) < 4.78 is 5.34. The number of hydrogen-bond acceptors (Lipinski definition) is 5. The summed E-state index contributed by atoms with van der Waals surface area (Å²) >= 11 is 0. The number of nitrogens with zero attached hydrogens (tertiary/aromatic N) is 2. The zero-order valence-corrected chi connectivity index (χ0v) is 14.6. The number of imide groups is 1. The summed E-state index contributed by atoms with van der Waals surface area (Å²) in [5.41, 5.74) is -0.639. The van der Waals surface area contributed by atoms with E-state index < -0.39 is 42.0 Å². The fourth-order valence-corrected chi connectivity index (χ4v) is 2.38. The van der Waals surface area contributed by atoms with Gasteiger partial charge in [0.2, 0.25) is 6.10 Å². The number of ether oxygens (including phenoxy) is 1. The number of nitrogens with one attached hydrogen (secondary N) is 1. The third-order valence-corrected chi connectivity index (χ3v) is 4.00. The van der Waals surface area contributed by atoms with Gasteiger partial charge in [0.1, 0.15) is 12.1 Å². The van der Waals surface area contributed by atoms with Gasteiger partial charge in [-0.05, 0) is 13.8 Å². The van der Waals surface area contributed by atoms with Crippen LogP contribution in [-0.2, 0) is 19.1 Å². The second-order valence-electron chi connectivity index (χ2n) is 6.42. The molecule has 4 amide bonds. The van der Waals surface area contributed by atoms with Crippen molar-refractivity contribution >= 4 is 23.8 Å². The number of esters is 1. The fraction of sp³-hybridized carbons (Fsp3) is 0.412. The fourth-order valence-electron chi connectivity index (χ4n) is 2.38. The summed E-state index contributed by atoms with van der Waals surface area (Å²) in [5.74, 6) is -1.67. The lowest BCUT2D eigenvalue weighted by Crippen LogP contribution is -2.47. The molecule has 1 heterocycles. The van der Waals surface area contributed by atoms with Gasteiger partial charge in [-0.1, -0.05) is 30.3 Å². The van der Waals surface area contributed by atoms with Crippen LogP contribution in [0.4, 0.5) is 4.79 Å². The Hall–Kier alpha value is -2.90. The Labute approximate surface area is 145 Å². The maximum absolute atomic E-state index is 12.4. The van der Waals surface area contributed by atoms with Gasteiger partial charge in [0.05, 0.1) is 0 Å². The third kappa shape index (κ3) is 3.78. The first kappa shape index (κ1) is 18.4. The van der Waals surface area contributed by atoms with E-state index in [-0.39, 0.29) is 0 Å². The Morgan fingerprint density at radius 2 is 1.80 bits per heavy atom. The van der Waals surface area contributed by atoms with Gasteiger partial charge in [-0.25, -0.2) is 4.79 Å². The molecular weight excluding hydrogens is 326 g/mol. The van der Waals surface area contributed by atoms with Crippen molar-refractivity contribution < 1.29 is 23.9 Å². The summed E-state index contributed by atoms with van der Waals surface area (Å²) in [6.45, 7) is 2.62. The first-order chi connectivity index (χ1) is 11.6. The molecule has 0 unspecified atom stereocenters. The molecule has 0 saturated carbocycles. The molecule has 1 saturated heterocycles. The summed E-state index contributed by atoms with van der Waals surface area (Å²) in [6.07, 6.45) is -1.12. The summed E-state index contributed by atoms with van der Waals surface area (Å²) in [7, 11) is 3.11. The minimum Gasteiger partial charge on any atom is -0.446 e. The highest BCUT2D eigenvalue weighted by molar-refractivity contribution is 6.07. The molecule has 2 rings (SSSR count). The van der Waals surface area contributed by atoms with E-state index in [1.807, 2.05) is 0 Å². The molecule has 0 aliphatic carbocycles. The molecule has 1 aromatic carbocycles. The van der Waals surface area contributed by atoms with Gasteiger partial charge in [0.15, 0.2) is 0 Å². The van der Waals surface area contributed by atoms with Crippen molar-refractivity contribution in [2.24, 2.45) is 0 Å². The summed E-state index contributed by atoms with van der Waals surface area (Å²) in [5, 5.41) is 2.15. The lowest BCUT2D eigenvalue weighted by atomic mass is 10.0. The highest BCUT2D eigenvalue weighted by atomic mass is 16.5. The number of amides is 4. The largest absolute Gasteiger partial charge is 0.446 e. The second kappa shape index (κ2) is 6.92. The van der Waals surface area contributed by atoms with Crippen molar-refractivity contribution in [3.05, 3.63) is 35.9 Å². The highest BCUT2D eigenvalue weighted by Crippen LogP contribution is 2.23. The average molecular weight is 347 g/mol. The van der Waals surface area contributed by atoms with Crippen LogP contribution < -0.4 is 5.32 Å². The third-order valence-electron chi connectivity index (χ3n) is 4.00. The molecule has 1 atom stereocenters. The van der Waals surface area contributed by atoms with Gasteiger partial charge in [-0.2, -0.15) is 0 Å². The van der Waals surface area contributed by atoms with Gasteiger partial charge >= 0.3 is 12.0 Å². The van der Waals surface area contributed by atoms with Gasteiger partial charge in [0, 0.05) is 19.7 Å². The maximum atomic E-state index is 12.4. The van der Waals surface area contributed by atoms with Crippen molar-refractivity contribution in [2.75, 3.05) is 20.6 Å². The average Bonchev–Trinajstić information content (AvgIpc) is 2.75. The standard InChI is InChI=1S/C17H21N3O5/c1-17(2)15(23)18-16(24)20(17)10-12(21)25-13(14(22)19(3)4)11-8-6-5-7-9-11/h5-9,13H,10H2,1-4H3,(H,18,23,24)/t13-/m1/s1. The Kier molecular flexibility index (Phi) is 5.10. The molecule has 0 aromatic heterocycles. The van der Waals surface area contributed by atoms with Crippen LogP contribution in [0.3, 0.4) is 0 Å². The Morgan fingerprint density at radius 1 is 1.20 bits per heavy atom. The molecule has 1 fully saturated rings. The van der Waals surface area contributed by atoms with Gasteiger partial charge in [-0.3, -0.25) is 24.6 Å². The number of likely N-dealkylation sites (N-methyl/N-ethyl adjacent to an activating group) is 1. The highest BCUT2D eigenvalue weighted by Gasteiger charge is 2.46. The van der Waals surface area contributed by atoms with Gasteiger partial charge < -0.3 is 9.64 Å². The zero-order chi connectivity index (χ0) is 18.8. The van der Waals surface area contributed by atoms with E-state index in [0.717, 1.165) is 4.90 Å². The van der Waals surface area contributed by atoms with E-state index in [4.69, 9.17) is 4.74 Å². The van der Waals surface area contributed by atoms with Crippen molar-refractivity contribution in [2.45, 2.75) is 25.5 Å². The molecule has 25 heavy (non-hydrogen) atoms. The first-order valence-electron chi connectivity index (χ1n) is 7.73. The van der Waals surface area contributed by atoms with Crippen LogP contribution in [0.2, 0.25) is 0 Å². The Morgan fingerprint density at radius 3 is 2.28 bits per heavy atom. The van der Waals surface area contributed by atoms with Crippen LogP contribution >= 0.6 is 0 Å². The molecule has 0 spiro atoms. The molecule has 0 bridgehead atoms. The van der Waals surface area contributed by atoms with E-state index in [1.54, 1.807) is 44.4 Å². The number of rotatable bonds is 5. The van der Waals surface area contributed by atoms with Crippen molar-refractivity contribution in [1.82, 2.24) is 15.1 Å². The van der Waals surface area contributed by atoms with Crippen molar-refractivity contribution in [1.29, 1.82) is 0 Å². The maximum Gasteiger partial charge on any atom is 0.326 e. The molecule has 1 aromatic rings.